The lowest BCUT2D eigenvalue weighted by atomic mass is 10.1. The van der Waals surface area contributed by atoms with Gasteiger partial charge < -0.3 is 16.2 Å². The average Bonchev–Trinajstić information content (AvgIpc) is 3.21. The Kier molecular flexibility index (Phi) is 4.78. The Labute approximate surface area is 194 Å². The minimum absolute atomic E-state index is 0.130. The Bertz CT molecular complexity index is 1480. The number of amides is 1. The van der Waals surface area contributed by atoms with Crippen molar-refractivity contribution < 1.29 is 22.8 Å². The minimum Gasteiger partial charge on any atom is -0.382 e. The number of hydrogen-bond acceptors (Lipinski definition) is 5. The summed E-state index contributed by atoms with van der Waals surface area (Å²) in [5.41, 5.74) is 4.57. The van der Waals surface area contributed by atoms with Crippen molar-refractivity contribution in [1.29, 1.82) is 0 Å². The van der Waals surface area contributed by atoms with Gasteiger partial charge in [0.2, 0.25) is 0 Å². The Morgan fingerprint density at radius 2 is 2.06 bits per heavy atom. The van der Waals surface area contributed by atoms with E-state index in [-0.39, 0.29) is 32.8 Å². The molecule has 4 rings (SSSR count). The molecule has 0 aliphatic rings. The van der Waals surface area contributed by atoms with E-state index in [9.17, 15) is 14.3 Å². The first kappa shape index (κ1) is 18.3. The molecule has 1 atom stereocenters. The first-order valence-electron chi connectivity index (χ1n) is 10.5. The smallest absolute Gasteiger partial charge is 0.257 e. The third-order valence-corrected chi connectivity index (χ3v) is 5.15. The van der Waals surface area contributed by atoms with Gasteiger partial charge in [-0.25, -0.2) is 18.7 Å². The van der Waals surface area contributed by atoms with Gasteiger partial charge >= 0.3 is 0 Å². The van der Waals surface area contributed by atoms with Crippen molar-refractivity contribution >= 4 is 46.1 Å². The van der Waals surface area contributed by atoms with Crippen molar-refractivity contribution in [2.24, 2.45) is 0 Å². The maximum absolute atomic E-state index is 15.2. The zero-order valence-electron chi connectivity index (χ0n) is 18.9. The van der Waals surface area contributed by atoms with Gasteiger partial charge in [0.15, 0.2) is 17.7 Å². The number of nitrogens with two attached hydrogens (primary N) is 1. The van der Waals surface area contributed by atoms with Gasteiger partial charge in [-0.1, -0.05) is 35.3 Å². The molecule has 7 nitrogen and oxygen atoms in total. The van der Waals surface area contributed by atoms with Crippen LogP contribution < -0.4 is 11.1 Å². The number of fused-ring (bicyclic) bond motifs is 1. The number of nitrogens with one attached hydrogen (secondary N) is 1. The standard InChI is InChI=1S/C21H15Cl2F2N5O2/c1-9-28-17(18-20(26)27-8-14(23)30(9)18)12-5-6-13(16(25)15(12)24)29-21(32)19(31)10-3-2-4-11(22)7-10/h2-8,19,31H,1H3,(H2,26,27)(H,29,32)/i1D3. The number of aryl methyl sites for hydroxylation is 1. The van der Waals surface area contributed by atoms with Crippen LogP contribution in [-0.4, -0.2) is 25.4 Å². The number of nitrogens with zero attached hydrogens (tertiary/aromatic N) is 3. The monoisotopic (exact) mass is 480 g/mol. The SMILES string of the molecule is [2H]C([2H])([2H])c1nc(-c2ccc(NC(=O)C(O)c3cccc(Cl)c3)c(F)c2F)c2c(N)ncc(Cl)n12. The second kappa shape index (κ2) is 8.34. The molecule has 0 bridgehead atoms. The van der Waals surface area contributed by atoms with Crippen molar-refractivity contribution in [3.8, 4) is 11.3 Å². The molecule has 164 valence electrons. The largest absolute Gasteiger partial charge is 0.382 e. The van der Waals surface area contributed by atoms with E-state index < -0.39 is 47.6 Å². The highest BCUT2D eigenvalue weighted by Gasteiger charge is 2.24. The van der Waals surface area contributed by atoms with Gasteiger partial charge in [-0.3, -0.25) is 9.20 Å². The van der Waals surface area contributed by atoms with Crippen molar-refractivity contribution in [3.63, 3.8) is 0 Å². The van der Waals surface area contributed by atoms with Crippen LogP contribution in [0.1, 0.15) is 21.6 Å². The lowest BCUT2D eigenvalue weighted by Gasteiger charge is -2.13. The number of aliphatic hydroxyl groups excluding tert-OH is 1. The number of carbonyl (C=O) groups excluding carboxylic acids is 1. The van der Waals surface area contributed by atoms with Gasteiger partial charge in [-0.2, -0.15) is 0 Å². The number of anilines is 2. The zero-order chi connectivity index (χ0) is 25.7. The number of benzene rings is 2. The number of aliphatic hydroxyl groups is 1. The van der Waals surface area contributed by atoms with E-state index in [1.54, 1.807) is 0 Å². The quantitative estimate of drug-likeness (QED) is 0.397. The maximum atomic E-state index is 15.2. The van der Waals surface area contributed by atoms with Gasteiger partial charge in [0.05, 0.1) is 11.9 Å². The molecular weight excluding hydrogens is 463 g/mol. The molecule has 0 radical (unpaired) electrons. The molecule has 0 fully saturated rings. The topological polar surface area (TPSA) is 106 Å². The van der Waals surface area contributed by atoms with Crippen LogP contribution in [0.15, 0.2) is 42.6 Å². The molecule has 1 unspecified atom stereocenters. The van der Waals surface area contributed by atoms with Crippen molar-refractivity contribution in [1.82, 2.24) is 14.4 Å². The normalized spacial score (nSPS) is 14.0. The summed E-state index contributed by atoms with van der Waals surface area (Å²) in [4.78, 5) is 20.2. The molecule has 1 amide bonds. The van der Waals surface area contributed by atoms with Gasteiger partial charge in [0.25, 0.3) is 5.91 Å². The third kappa shape index (κ3) is 3.75. The first-order chi connectivity index (χ1) is 16.4. The molecule has 0 saturated carbocycles. The summed E-state index contributed by atoms with van der Waals surface area (Å²) in [5.74, 6) is -4.69. The molecule has 4 N–H and O–H groups in total. The van der Waals surface area contributed by atoms with Crippen LogP contribution in [0.5, 0.6) is 0 Å². The number of carbonyl (C=O) groups is 1. The van der Waals surface area contributed by atoms with Gasteiger partial charge in [0, 0.05) is 14.7 Å². The van der Waals surface area contributed by atoms with Crippen LogP contribution in [-0.2, 0) is 4.79 Å². The summed E-state index contributed by atoms with van der Waals surface area (Å²) >= 11 is 11.9. The predicted octanol–water partition coefficient (Wildman–Crippen LogP) is 4.54. The summed E-state index contributed by atoms with van der Waals surface area (Å²) in [6.45, 7) is -2.77. The maximum Gasteiger partial charge on any atom is 0.257 e. The summed E-state index contributed by atoms with van der Waals surface area (Å²) in [6, 6.07) is 7.94. The summed E-state index contributed by atoms with van der Waals surface area (Å²) < 4.78 is 54.2. The minimum atomic E-state index is -2.77. The highest BCUT2D eigenvalue weighted by Crippen LogP contribution is 2.34. The highest BCUT2D eigenvalue weighted by molar-refractivity contribution is 6.30. The fraction of sp³-hybridized carbons (Fsp3) is 0.0952. The van der Waals surface area contributed by atoms with Crippen LogP contribution in [0.25, 0.3) is 16.8 Å². The number of nitrogen functional groups attached to an aromatic ring is 1. The Hall–Kier alpha value is -3.27. The Morgan fingerprint density at radius 3 is 2.78 bits per heavy atom. The van der Waals surface area contributed by atoms with Gasteiger partial charge in [0.1, 0.15) is 28.0 Å². The summed E-state index contributed by atoms with van der Waals surface area (Å²) in [5, 5.41) is 12.5. The van der Waals surface area contributed by atoms with E-state index in [4.69, 9.17) is 33.0 Å². The lowest BCUT2D eigenvalue weighted by Crippen LogP contribution is -2.21. The van der Waals surface area contributed by atoms with Crippen LogP contribution in [0.4, 0.5) is 20.3 Å². The Morgan fingerprint density at radius 1 is 1.28 bits per heavy atom. The summed E-state index contributed by atoms with van der Waals surface area (Å²) in [7, 11) is 0. The predicted molar refractivity (Wildman–Crippen MR) is 118 cm³/mol. The van der Waals surface area contributed by atoms with Crippen molar-refractivity contribution in [2.45, 2.75) is 13.0 Å². The van der Waals surface area contributed by atoms with E-state index in [1.807, 2.05) is 0 Å². The molecule has 11 heteroatoms. The van der Waals surface area contributed by atoms with E-state index in [2.05, 4.69) is 15.3 Å². The molecule has 2 heterocycles. The molecule has 0 saturated heterocycles. The lowest BCUT2D eigenvalue weighted by molar-refractivity contribution is -0.124. The van der Waals surface area contributed by atoms with Crippen LogP contribution >= 0.6 is 23.2 Å². The number of aromatic nitrogens is 3. The van der Waals surface area contributed by atoms with Crippen LogP contribution in [0.3, 0.4) is 0 Å². The highest BCUT2D eigenvalue weighted by atomic mass is 35.5. The van der Waals surface area contributed by atoms with Crippen molar-refractivity contribution in [3.05, 3.63) is 75.8 Å². The first-order valence-corrected chi connectivity index (χ1v) is 9.71. The molecule has 0 aliphatic carbocycles. The average molecular weight is 481 g/mol. The molecule has 2 aromatic heterocycles. The van der Waals surface area contributed by atoms with E-state index in [0.29, 0.717) is 0 Å². The number of halogens is 4. The summed E-state index contributed by atoms with van der Waals surface area (Å²) in [6.07, 6.45) is -0.603. The zero-order valence-corrected chi connectivity index (χ0v) is 17.4. The second-order valence-electron chi connectivity index (χ2n) is 6.67. The van der Waals surface area contributed by atoms with Crippen molar-refractivity contribution in [2.75, 3.05) is 11.1 Å². The molecule has 4 aromatic rings. The number of imidazole rings is 1. The molecular formula is C21H15Cl2F2N5O2. The van der Waals surface area contributed by atoms with Gasteiger partial charge in [-0.05, 0) is 36.7 Å². The molecule has 2 aromatic carbocycles. The van der Waals surface area contributed by atoms with Crippen LogP contribution in [0, 0.1) is 18.5 Å². The number of hydrogen-bond donors (Lipinski definition) is 3. The van der Waals surface area contributed by atoms with E-state index in [1.165, 1.54) is 24.3 Å². The molecule has 0 aliphatic heterocycles. The Balaban J connectivity index is 1.76. The molecule has 32 heavy (non-hydrogen) atoms. The van der Waals surface area contributed by atoms with E-state index >= 15 is 4.39 Å². The fourth-order valence-corrected chi connectivity index (χ4v) is 3.56. The van der Waals surface area contributed by atoms with E-state index in [0.717, 1.165) is 22.7 Å². The second-order valence-corrected chi connectivity index (χ2v) is 7.49. The number of rotatable bonds is 4. The van der Waals surface area contributed by atoms with Crippen LogP contribution in [0.2, 0.25) is 10.2 Å². The molecule has 0 spiro atoms. The fourth-order valence-electron chi connectivity index (χ4n) is 3.15. The van der Waals surface area contributed by atoms with Gasteiger partial charge in [-0.15, -0.1) is 0 Å². The third-order valence-electron chi connectivity index (χ3n) is 4.65.